The predicted octanol–water partition coefficient (Wildman–Crippen LogP) is 3.29. The molecule has 0 unspecified atom stereocenters. The fourth-order valence-corrected chi connectivity index (χ4v) is 2.00. The lowest BCUT2D eigenvalue weighted by Crippen LogP contribution is -2.30. The van der Waals surface area contributed by atoms with Crippen LogP contribution in [-0.2, 0) is 11.3 Å². The largest absolute Gasteiger partial charge is 0.484 e. The van der Waals surface area contributed by atoms with Gasteiger partial charge in [0.1, 0.15) is 5.75 Å². The molecule has 0 fully saturated rings. The summed E-state index contributed by atoms with van der Waals surface area (Å²) in [5, 5.41) is 11.2. The Morgan fingerprint density at radius 1 is 1.17 bits per heavy atom. The number of non-ortho nitro benzene ring substituents is 1. The number of halogens is 1. The van der Waals surface area contributed by atoms with E-state index >= 15 is 0 Å². The van der Waals surface area contributed by atoms with Crippen molar-refractivity contribution < 1.29 is 14.5 Å². The molecule has 7 heteroatoms. The minimum atomic E-state index is -0.491. The van der Waals surface area contributed by atoms with Gasteiger partial charge in [-0.15, -0.1) is 0 Å². The van der Waals surface area contributed by atoms with Crippen LogP contribution in [0.2, 0.25) is 5.02 Å². The fraction of sp³-hybridized carbons (Fsp3) is 0.188. The number of carbonyl (C=O) groups excluding carboxylic acids is 1. The second kappa shape index (κ2) is 7.60. The zero-order valence-electron chi connectivity index (χ0n) is 12.4. The van der Waals surface area contributed by atoms with Crippen LogP contribution in [0.25, 0.3) is 0 Å². The highest BCUT2D eigenvalue weighted by atomic mass is 35.5. The average molecular weight is 335 g/mol. The lowest BCUT2D eigenvalue weighted by Gasteiger charge is -2.17. The van der Waals surface area contributed by atoms with Crippen LogP contribution in [0.3, 0.4) is 0 Å². The first-order valence-electron chi connectivity index (χ1n) is 6.81. The van der Waals surface area contributed by atoms with E-state index in [1.165, 1.54) is 29.2 Å². The van der Waals surface area contributed by atoms with Crippen molar-refractivity contribution in [3.63, 3.8) is 0 Å². The second-order valence-electron chi connectivity index (χ2n) is 4.92. The summed E-state index contributed by atoms with van der Waals surface area (Å²) in [5.41, 5.74) is 0.934. The lowest BCUT2D eigenvalue weighted by molar-refractivity contribution is -0.384. The van der Waals surface area contributed by atoms with E-state index in [1.54, 1.807) is 19.2 Å². The van der Waals surface area contributed by atoms with E-state index in [4.69, 9.17) is 16.3 Å². The molecule has 0 bridgehead atoms. The highest BCUT2D eigenvalue weighted by Gasteiger charge is 2.11. The van der Waals surface area contributed by atoms with Gasteiger partial charge in [-0.2, -0.15) is 0 Å². The third kappa shape index (κ3) is 4.96. The summed E-state index contributed by atoms with van der Waals surface area (Å²) in [4.78, 5) is 23.6. The minimum absolute atomic E-state index is 0.0245. The van der Waals surface area contributed by atoms with Crippen molar-refractivity contribution in [1.82, 2.24) is 4.90 Å². The molecule has 0 atom stereocenters. The SMILES string of the molecule is CN(Cc1ccc(Cl)cc1)C(=O)COc1ccc([N+](=O)[O-])cc1. The highest BCUT2D eigenvalue weighted by molar-refractivity contribution is 6.30. The number of nitro benzene ring substituents is 1. The molecule has 0 aromatic heterocycles. The number of ether oxygens (including phenoxy) is 1. The minimum Gasteiger partial charge on any atom is -0.484 e. The van der Waals surface area contributed by atoms with E-state index in [9.17, 15) is 14.9 Å². The van der Waals surface area contributed by atoms with Crippen molar-refractivity contribution in [2.24, 2.45) is 0 Å². The fourth-order valence-electron chi connectivity index (χ4n) is 1.87. The predicted molar refractivity (Wildman–Crippen MR) is 86.5 cm³/mol. The van der Waals surface area contributed by atoms with Crippen molar-refractivity contribution in [1.29, 1.82) is 0 Å². The normalized spacial score (nSPS) is 10.2. The zero-order valence-corrected chi connectivity index (χ0v) is 13.2. The molecular formula is C16H15ClN2O4. The van der Waals surface area contributed by atoms with Crippen LogP contribution < -0.4 is 4.74 Å². The Balaban J connectivity index is 1.86. The molecule has 0 aliphatic rings. The Kier molecular flexibility index (Phi) is 5.54. The summed E-state index contributed by atoms with van der Waals surface area (Å²) in [6.07, 6.45) is 0. The summed E-state index contributed by atoms with van der Waals surface area (Å²) < 4.78 is 5.35. The van der Waals surface area contributed by atoms with Gasteiger partial charge in [0.05, 0.1) is 4.92 Å². The maximum atomic E-state index is 12.0. The van der Waals surface area contributed by atoms with Crippen molar-refractivity contribution in [2.45, 2.75) is 6.54 Å². The molecular weight excluding hydrogens is 320 g/mol. The molecule has 0 radical (unpaired) electrons. The number of hydrogen-bond donors (Lipinski definition) is 0. The molecule has 2 aromatic rings. The van der Waals surface area contributed by atoms with E-state index in [1.807, 2.05) is 12.1 Å². The Morgan fingerprint density at radius 3 is 2.35 bits per heavy atom. The van der Waals surface area contributed by atoms with E-state index in [0.717, 1.165) is 5.56 Å². The molecule has 0 saturated carbocycles. The Labute approximate surface area is 138 Å². The van der Waals surface area contributed by atoms with Crippen molar-refractivity contribution in [3.05, 3.63) is 69.2 Å². The van der Waals surface area contributed by atoms with Crippen LogP contribution >= 0.6 is 11.6 Å². The molecule has 0 aliphatic carbocycles. The molecule has 6 nitrogen and oxygen atoms in total. The first-order chi connectivity index (χ1) is 11.0. The first kappa shape index (κ1) is 16.8. The average Bonchev–Trinajstić information content (AvgIpc) is 2.55. The van der Waals surface area contributed by atoms with Crippen LogP contribution in [0.4, 0.5) is 5.69 Å². The Morgan fingerprint density at radius 2 is 1.78 bits per heavy atom. The van der Waals surface area contributed by atoms with E-state index < -0.39 is 4.92 Å². The number of amides is 1. The molecule has 120 valence electrons. The third-order valence-corrected chi connectivity index (χ3v) is 3.42. The van der Waals surface area contributed by atoms with Crippen LogP contribution in [0.15, 0.2) is 48.5 Å². The molecule has 2 rings (SSSR count). The quantitative estimate of drug-likeness (QED) is 0.600. The standard InChI is InChI=1S/C16H15ClN2O4/c1-18(10-12-2-4-13(17)5-3-12)16(20)11-23-15-8-6-14(7-9-15)19(21)22/h2-9H,10-11H2,1H3. The van der Waals surface area contributed by atoms with Gasteiger partial charge < -0.3 is 9.64 Å². The number of likely N-dealkylation sites (N-methyl/N-ethyl adjacent to an activating group) is 1. The summed E-state index contributed by atoms with van der Waals surface area (Å²) in [5.74, 6) is 0.210. The van der Waals surface area contributed by atoms with E-state index in [-0.39, 0.29) is 18.2 Å². The summed E-state index contributed by atoms with van der Waals surface area (Å²) in [7, 11) is 1.68. The lowest BCUT2D eigenvalue weighted by atomic mass is 10.2. The second-order valence-corrected chi connectivity index (χ2v) is 5.35. The summed E-state index contributed by atoms with van der Waals surface area (Å²) >= 11 is 5.82. The van der Waals surface area contributed by atoms with Gasteiger partial charge >= 0.3 is 0 Å². The summed E-state index contributed by atoms with van der Waals surface area (Å²) in [6.45, 7) is 0.307. The maximum Gasteiger partial charge on any atom is 0.269 e. The van der Waals surface area contributed by atoms with Crippen molar-refractivity contribution in [2.75, 3.05) is 13.7 Å². The van der Waals surface area contributed by atoms with Gasteiger partial charge in [-0.25, -0.2) is 0 Å². The van der Waals surface area contributed by atoms with Gasteiger partial charge in [0.25, 0.3) is 11.6 Å². The topological polar surface area (TPSA) is 72.7 Å². The molecule has 0 heterocycles. The number of nitro groups is 1. The van der Waals surface area contributed by atoms with Crippen LogP contribution in [-0.4, -0.2) is 29.4 Å². The van der Waals surface area contributed by atoms with Crippen molar-refractivity contribution in [3.8, 4) is 5.75 Å². The Hall–Kier alpha value is -2.60. The number of nitrogens with zero attached hydrogens (tertiary/aromatic N) is 2. The molecule has 0 aliphatic heterocycles. The van der Waals surface area contributed by atoms with Gasteiger partial charge in [0.2, 0.25) is 0 Å². The molecule has 0 saturated heterocycles. The number of benzene rings is 2. The highest BCUT2D eigenvalue weighted by Crippen LogP contribution is 2.17. The smallest absolute Gasteiger partial charge is 0.269 e. The molecule has 0 N–H and O–H groups in total. The van der Waals surface area contributed by atoms with Crippen LogP contribution in [0.1, 0.15) is 5.56 Å². The molecule has 1 amide bonds. The molecule has 0 spiro atoms. The number of rotatable bonds is 6. The number of carbonyl (C=O) groups is 1. The van der Waals surface area contributed by atoms with Gasteiger partial charge in [-0.1, -0.05) is 23.7 Å². The van der Waals surface area contributed by atoms with E-state index in [2.05, 4.69) is 0 Å². The third-order valence-electron chi connectivity index (χ3n) is 3.17. The van der Waals surface area contributed by atoms with Crippen molar-refractivity contribution >= 4 is 23.2 Å². The van der Waals surface area contributed by atoms with Gasteiger partial charge in [-0.3, -0.25) is 14.9 Å². The van der Waals surface area contributed by atoms with Gasteiger partial charge in [-0.05, 0) is 29.8 Å². The zero-order chi connectivity index (χ0) is 16.8. The van der Waals surface area contributed by atoms with E-state index in [0.29, 0.717) is 17.3 Å². The van der Waals surface area contributed by atoms with Gasteiger partial charge in [0.15, 0.2) is 6.61 Å². The number of hydrogen-bond acceptors (Lipinski definition) is 4. The Bertz CT molecular complexity index is 686. The molecule has 2 aromatic carbocycles. The van der Waals surface area contributed by atoms with Crippen LogP contribution in [0.5, 0.6) is 5.75 Å². The molecule has 23 heavy (non-hydrogen) atoms. The maximum absolute atomic E-state index is 12.0. The monoisotopic (exact) mass is 334 g/mol. The van der Waals surface area contributed by atoms with Gasteiger partial charge in [0, 0.05) is 30.7 Å². The first-order valence-corrected chi connectivity index (χ1v) is 7.19. The van der Waals surface area contributed by atoms with Crippen LogP contribution in [0, 0.1) is 10.1 Å². The summed E-state index contributed by atoms with van der Waals surface area (Å²) in [6, 6.07) is 12.8.